The third kappa shape index (κ3) is 3.45. The average Bonchev–Trinajstić information content (AvgIpc) is 2.45. The van der Waals surface area contributed by atoms with Crippen LogP contribution >= 0.6 is 0 Å². The molecule has 0 aliphatic heterocycles. The summed E-state index contributed by atoms with van der Waals surface area (Å²) in [5.41, 5.74) is 5.33. The van der Waals surface area contributed by atoms with Crippen molar-refractivity contribution >= 4 is 5.69 Å². The van der Waals surface area contributed by atoms with Crippen molar-refractivity contribution in [2.24, 2.45) is 0 Å². The fraction of sp³-hybridized carbons (Fsp3) is 0.133. The number of alkyl halides is 3. The lowest BCUT2D eigenvalue weighted by Gasteiger charge is -2.15. The van der Waals surface area contributed by atoms with Gasteiger partial charge in [0, 0.05) is 11.3 Å². The lowest BCUT2D eigenvalue weighted by molar-refractivity contribution is -0.139. The molecule has 0 fully saturated rings. The molecule has 0 heterocycles. The second-order valence-corrected chi connectivity index (χ2v) is 4.31. The predicted octanol–water partition coefficient (Wildman–Crippen LogP) is 3.74. The minimum Gasteiger partial charge on any atom is -0.488 e. The summed E-state index contributed by atoms with van der Waals surface area (Å²) in [6, 6.07) is 11.9. The summed E-state index contributed by atoms with van der Waals surface area (Å²) in [4.78, 5) is 0. The van der Waals surface area contributed by atoms with Crippen LogP contribution in [0.4, 0.5) is 18.9 Å². The molecule has 2 rings (SSSR count). The first-order valence-electron chi connectivity index (χ1n) is 5.99. The Morgan fingerprint density at radius 1 is 1.14 bits per heavy atom. The van der Waals surface area contributed by atoms with Crippen LogP contribution in [0.3, 0.4) is 0 Å². The van der Waals surface area contributed by atoms with Gasteiger partial charge in [-0.25, -0.2) is 0 Å². The monoisotopic (exact) mass is 292 g/mol. The van der Waals surface area contributed by atoms with E-state index in [1.807, 2.05) is 6.07 Å². The molecule has 0 saturated carbocycles. The fourth-order valence-corrected chi connectivity index (χ4v) is 1.81. The number of benzene rings is 2. The van der Waals surface area contributed by atoms with Crippen LogP contribution in [-0.2, 0) is 12.8 Å². The van der Waals surface area contributed by atoms with Gasteiger partial charge in [0.2, 0.25) is 0 Å². The maximum atomic E-state index is 12.9. The van der Waals surface area contributed by atoms with E-state index < -0.39 is 11.7 Å². The van der Waals surface area contributed by atoms with Gasteiger partial charge in [0.05, 0.1) is 17.2 Å². The molecule has 3 nitrogen and oxygen atoms in total. The molecule has 0 aliphatic carbocycles. The molecule has 2 aromatic rings. The van der Waals surface area contributed by atoms with E-state index in [2.05, 4.69) is 0 Å². The van der Waals surface area contributed by atoms with Crippen molar-refractivity contribution in [3.05, 3.63) is 59.2 Å². The number of nitrogens with zero attached hydrogens (tertiary/aromatic N) is 1. The number of anilines is 1. The standard InChI is InChI=1S/C15H11F3N2O/c16-15(17,18)13-7-12(20)5-6-14(13)21-9-11-4-2-1-3-10(11)8-19/h1-7H,9,20H2. The van der Waals surface area contributed by atoms with Crippen molar-refractivity contribution in [1.82, 2.24) is 0 Å². The second-order valence-electron chi connectivity index (χ2n) is 4.31. The molecule has 0 spiro atoms. The SMILES string of the molecule is N#Cc1ccccc1COc1ccc(N)cc1C(F)(F)F. The number of nitrogen functional groups attached to an aromatic ring is 1. The van der Waals surface area contributed by atoms with Crippen LogP contribution in [0, 0.1) is 11.3 Å². The minimum atomic E-state index is -4.56. The minimum absolute atomic E-state index is 0.00657. The third-order valence-corrected chi connectivity index (χ3v) is 2.83. The van der Waals surface area contributed by atoms with Crippen LogP contribution in [0.1, 0.15) is 16.7 Å². The Hall–Kier alpha value is -2.68. The topological polar surface area (TPSA) is 59.0 Å². The highest BCUT2D eigenvalue weighted by molar-refractivity contribution is 5.49. The van der Waals surface area contributed by atoms with E-state index in [1.165, 1.54) is 12.1 Å². The van der Waals surface area contributed by atoms with Gasteiger partial charge in [0.1, 0.15) is 12.4 Å². The van der Waals surface area contributed by atoms with E-state index in [4.69, 9.17) is 15.7 Å². The number of nitrogens with two attached hydrogens (primary N) is 1. The van der Waals surface area contributed by atoms with E-state index in [0.717, 1.165) is 6.07 Å². The van der Waals surface area contributed by atoms with Crippen LogP contribution in [0.2, 0.25) is 0 Å². The Balaban J connectivity index is 2.27. The van der Waals surface area contributed by atoms with Crippen LogP contribution in [0.25, 0.3) is 0 Å². The van der Waals surface area contributed by atoms with Gasteiger partial charge in [-0.1, -0.05) is 18.2 Å². The zero-order valence-electron chi connectivity index (χ0n) is 10.8. The van der Waals surface area contributed by atoms with Gasteiger partial charge in [-0.3, -0.25) is 0 Å². The largest absolute Gasteiger partial charge is 0.488 e. The first kappa shape index (κ1) is 14.7. The molecule has 0 unspecified atom stereocenters. The Kier molecular flexibility index (Phi) is 4.03. The average molecular weight is 292 g/mol. The van der Waals surface area contributed by atoms with Gasteiger partial charge in [-0.15, -0.1) is 0 Å². The molecule has 21 heavy (non-hydrogen) atoms. The molecule has 0 atom stereocenters. The molecule has 2 aromatic carbocycles. The molecule has 6 heteroatoms. The van der Waals surface area contributed by atoms with Gasteiger partial charge in [0.15, 0.2) is 0 Å². The van der Waals surface area contributed by atoms with Crippen molar-refractivity contribution in [1.29, 1.82) is 5.26 Å². The van der Waals surface area contributed by atoms with Gasteiger partial charge >= 0.3 is 6.18 Å². The molecule has 0 bridgehead atoms. The summed E-state index contributed by atoms with van der Waals surface area (Å²) in [6.07, 6.45) is -4.56. The van der Waals surface area contributed by atoms with E-state index in [1.54, 1.807) is 24.3 Å². The molecule has 0 aromatic heterocycles. The van der Waals surface area contributed by atoms with Crippen molar-refractivity contribution < 1.29 is 17.9 Å². The molecule has 0 radical (unpaired) electrons. The summed E-state index contributed by atoms with van der Waals surface area (Å²) in [5.74, 6) is -0.315. The molecule has 0 aliphatic rings. The van der Waals surface area contributed by atoms with Crippen molar-refractivity contribution in [2.45, 2.75) is 12.8 Å². The molecule has 0 amide bonds. The Morgan fingerprint density at radius 3 is 2.52 bits per heavy atom. The second kappa shape index (κ2) is 5.75. The first-order valence-corrected chi connectivity index (χ1v) is 5.99. The molecular weight excluding hydrogens is 281 g/mol. The quantitative estimate of drug-likeness (QED) is 0.877. The number of ether oxygens (including phenoxy) is 1. The number of nitriles is 1. The van der Waals surface area contributed by atoms with E-state index >= 15 is 0 Å². The van der Waals surface area contributed by atoms with Crippen LogP contribution in [0.15, 0.2) is 42.5 Å². The summed E-state index contributed by atoms with van der Waals surface area (Å²) in [6.45, 7) is -0.128. The third-order valence-electron chi connectivity index (χ3n) is 2.83. The van der Waals surface area contributed by atoms with Crippen molar-refractivity contribution in [3.63, 3.8) is 0 Å². The van der Waals surface area contributed by atoms with E-state index in [0.29, 0.717) is 11.1 Å². The fourth-order valence-electron chi connectivity index (χ4n) is 1.81. The highest BCUT2D eigenvalue weighted by atomic mass is 19.4. The van der Waals surface area contributed by atoms with Crippen molar-refractivity contribution in [3.8, 4) is 11.8 Å². The highest BCUT2D eigenvalue weighted by Crippen LogP contribution is 2.37. The lowest BCUT2D eigenvalue weighted by atomic mass is 10.1. The maximum absolute atomic E-state index is 12.9. The van der Waals surface area contributed by atoms with Crippen LogP contribution < -0.4 is 10.5 Å². The lowest BCUT2D eigenvalue weighted by Crippen LogP contribution is -2.10. The number of hydrogen-bond acceptors (Lipinski definition) is 3. The molecular formula is C15H11F3N2O. The Labute approximate surface area is 119 Å². The van der Waals surface area contributed by atoms with E-state index in [9.17, 15) is 13.2 Å². The summed E-state index contributed by atoms with van der Waals surface area (Å²) in [7, 11) is 0. The van der Waals surface area contributed by atoms with Gasteiger partial charge in [-0.05, 0) is 24.3 Å². The summed E-state index contributed by atoms with van der Waals surface area (Å²) < 4.78 is 44.0. The van der Waals surface area contributed by atoms with E-state index in [-0.39, 0.29) is 18.0 Å². The number of hydrogen-bond donors (Lipinski definition) is 1. The summed E-state index contributed by atoms with van der Waals surface area (Å²) >= 11 is 0. The predicted molar refractivity (Wildman–Crippen MR) is 71.3 cm³/mol. The molecule has 2 N–H and O–H groups in total. The first-order chi connectivity index (χ1) is 9.91. The van der Waals surface area contributed by atoms with Crippen LogP contribution in [0.5, 0.6) is 5.75 Å². The Bertz CT molecular complexity index is 690. The number of rotatable bonds is 3. The number of halogens is 3. The molecule has 108 valence electrons. The van der Waals surface area contributed by atoms with Gasteiger partial charge < -0.3 is 10.5 Å². The maximum Gasteiger partial charge on any atom is 0.420 e. The van der Waals surface area contributed by atoms with Gasteiger partial charge in [-0.2, -0.15) is 18.4 Å². The smallest absolute Gasteiger partial charge is 0.420 e. The molecule has 0 saturated heterocycles. The zero-order valence-corrected chi connectivity index (χ0v) is 10.8. The zero-order chi connectivity index (χ0) is 15.5. The van der Waals surface area contributed by atoms with Crippen LogP contribution in [-0.4, -0.2) is 0 Å². The highest BCUT2D eigenvalue weighted by Gasteiger charge is 2.34. The normalized spacial score (nSPS) is 11.0. The van der Waals surface area contributed by atoms with Gasteiger partial charge in [0.25, 0.3) is 0 Å². The summed E-state index contributed by atoms with van der Waals surface area (Å²) in [5, 5.41) is 8.93. The van der Waals surface area contributed by atoms with Crippen molar-refractivity contribution in [2.75, 3.05) is 5.73 Å². The Morgan fingerprint density at radius 2 is 1.86 bits per heavy atom.